The number of hydrogen-bond donors (Lipinski definition) is 1. The van der Waals surface area contributed by atoms with Crippen molar-refractivity contribution in [2.45, 2.75) is 13.0 Å². The van der Waals surface area contributed by atoms with Crippen molar-refractivity contribution in [3.8, 4) is 5.75 Å². The van der Waals surface area contributed by atoms with Crippen LogP contribution in [0, 0.1) is 0 Å². The SMILES string of the molecule is NCCc1ccccc1OCc1cc(Cl)ccc1Cl. The molecule has 0 radical (unpaired) electrons. The van der Waals surface area contributed by atoms with Crippen LogP contribution in [0.1, 0.15) is 11.1 Å². The van der Waals surface area contributed by atoms with Crippen LogP contribution in [0.5, 0.6) is 5.75 Å². The Hall–Kier alpha value is -1.22. The average molecular weight is 296 g/mol. The quantitative estimate of drug-likeness (QED) is 0.902. The molecule has 2 rings (SSSR count). The van der Waals surface area contributed by atoms with E-state index >= 15 is 0 Å². The molecule has 2 aromatic carbocycles. The predicted octanol–water partition coefficient (Wildman–Crippen LogP) is 4.07. The molecule has 0 saturated carbocycles. The molecule has 100 valence electrons. The number of halogens is 2. The van der Waals surface area contributed by atoms with Crippen LogP contribution in [0.2, 0.25) is 10.0 Å². The molecule has 2 N–H and O–H groups in total. The molecule has 0 amide bonds. The molecule has 2 nitrogen and oxygen atoms in total. The lowest BCUT2D eigenvalue weighted by atomic mass is 10.1. The zero-order valence-corrected chi connectivity index (χ0v) is 11.9. The van der Waals surface area contributed by atoms with Crippen molar-refractivity contribution in [3.63, 3.8) is 0 Å². The summed E-state index contributed by atoms with van der Waals surface area (Å²) < 4.78 is 5.81. The molecule has 0 spiro atoms. The maximum Gasteiger partial charge on any atom is 0.123 e. The third-order valence-corrected chi connectivity index (χ3v) is 3.38. The molecule has 0 bridgehead atoms. The standard InChI is InChI=1S/C15H15Cl2NO/c16-13-5-6-14(17)12(9-13)10-19-15-4-2-1-3-11(15)7-8-18/h1-6,9H,7-8,10,18H2. The van der Waals surface area contributed by atoms with Crippen LogP contribution >= 0.6 is 23.2 Å². The van der Waals surface area contributed by atoms with Gasteiger partial charge in [0.25, 0.3) is 0 Å². The monoisotopic (exact) mass is 295 g/mol. The van der Waals surface area contributed by atoms with Gasteiger partial charge in [0.2, 0.25) is 0 Å². The Labute approximate surface area is 123 Å². The Balaban J connectivity index is 2.12. The lowest BCUT2D eigenvalue weighted by Gasteiger charge is -2.12. The minimum atomic E-state index is 0.390. The van der Waals surface area contributed by atoms with E-state index in [-0.39, 0.29) is 0 Å². The Morgan fingerprint density at radius 3 is 2.58 bits per heavy atom. The molecule has 0 aromatic heterocycles. The Kier molecular flexibility index (Phi) is 5.08. The predicted molar refractivity (Wildman–Crippen MR) is 80.0 cm³/mol. The fourth-order valence-corrected chi connectivity index (χ4v) is 2.18. The number of hydrogen-bond acceptors (Lipinski definition) is 2. The number of ether oxygens (including phenoxy) is 1. The second kappa shape index (κ2) is 6.80. The molecular weight excluding hydrogens is 281 g/mol. The van der Waals surface area contributed by atoms with Crippen molar-refractivity contribution in [3.05, 3.63) is 63.6 Å². The minimum absolute atomic E-state index is 0.390. The molecule has 0 saturated heterocycles. The maximum absolute atomic E-state index is 6.10. The highest BCUT2D eigenvalue weighted by atomic mass is 35.5. The van der Waals surface area contributed by atoms with Crippen LogP contribution in [-0.2, 0) is 13.0 Å². The van der Waals surface area contributed by atoms with E-state index in [9.17, 15) is 0 Å². The van der Waals surface area contributed by atoms with E-state index < -0.39 is 0 Å². The van der Waals surface area contributed by atoms with Crippen LogP contribution in [-0.4, -0.2) is 6.54 Å². The normalized spacial score (nSPS) is 10.5. The third-order valence-electron chi connectivity index (χ3n) is 2.78. The van der Waals surface area contributed by atoms with Gasteiger partial charge >= 0.3 is 0 Å². The zero-order valence-electron chi connectivity index (χ0n) is 10.4. The van der Waals surface area contributed by atoms with Gasteiger partial charge in [0.05, 0.1) is 0 Å². The third kappa shape index (κ3) is 3.87. The van der Waals surface area contributed by atoms with Crippen LogP contribution in [0.4, 0.5) is 0 Å². The topological polar surface area (TPSA) is 35.2 Å². The van der Waals surface area contributed by atoms with Gasteiger partial charge in [0.1, 0.15) is 12.4 Å². The smallest absolute Gasteiger partial charge is 0.123 e. The summed E-state index contributed by atoms with van der Waals surface area (Å²) in [6, 6.07) is 13.2. The number of benzene rings is 2. The Bertz CT molecular complexity index is 558. The van der Waals surface area contributed by atoms with Gasteiger partial charge in [0, 0.05) is 15.6 Å². The van der Waals surface area contributed by atoms with E-state index in [2.05, 4.69) is 0 Å². The first-order valence-electron chi connectivity index (χ1n) is 6.05. The van der Waals surface area contributed by atoms with Crippen molar-refractivity contribution in [1.82, 2.24) is 0 Å². The van der Waals surface area contributed by atoms with E-state index in [0.717, 1.165) is 23.3 Å². The van der Waals surface area contributed by atoms with Gasteiger partial charge < -0.3 is 10.5 Å². The second-order valence-electron chi connectivity index (χ2n) is 4.17. The van der Waals surface area contributed by atoms with Gasteiger partial charge in [-0.15, -0.1) is 0 Å². The van der Waals surface area contributed by atoms with Crippen molar-refractivity contribution >= 4 is 23.2 Å². The molecule has 0 unspecified atom stereocenters. The molecule has 0 atom stereocenters. The Morgan fingerprint density at radius 1 is 1.00 bits per heavy atom. The number of rotatable bonds is 5. The van der Waals surface area contributed by atoms with Gasteiger partial charge in [-0.2, -0.15) is 0 Å². The van der Waals surface area contributed by atoms with Gasteiger partial charge in [-0.3, -0.25) is 0 Å². The molecule has 0 heterocycles. The molecule has 2 aromatic rings. The molecular formula is C15H15Cl2NO. The molecule has 4 heteroatoms. The van der Waals surface area contributed by atoms with Gasteiger partial charge in [0.15, 0.2) is 0 Å². The van der Waals surface area contributed by atoms with Crippen LogP contribution in [0.15, 0.2) is 42.5 Å². The molecule has 0 aliphatic rings. The summed E-state index contributed by atoms with van der Waals surface area (Å²) in [5.74, 6) is 0.837. The van der Waals surface area contributed by atoms with E-state index in [0.29, 0.717) is 23.2 Å². The summed E-state index contributed by atoms with van der Waals surface area (Å²) >= 11 is 12.1. The lowest BCUT2D eigenvalue weighted by molar-refractivity contribution is 0.303. The van der Waals surface area contributed by atoms with E-state index in [4.69, 9.17) is 33.7 Å². The number of nitrogens with two attached hydrogens (primary N) is 1. The van der Waals surface area contributed by atoms with Crippen molar-refractivity contribution in [2.75, 3.05) is 6.54 Å². The summed E-state index contributed by atoms with van der Waals surface area (Å²) in [6.07, 6.45) is 0.791. The highest BCUT2D eigenvalue weighted by molar-refractivity contribution is 6.33. The summed E-state index contributed by atoms with van der Waals surface area (Å²) in [4.78, 5) is 0. The van der Waals surface area contributed by atoms with Gasteiger partial charge in [-0.25, -0.2) is 0 Å². The highest BCUT2D eigenvalue weighted by Crippen LogP contribution is 2.24. The van der Waals surface area contributed by atoms with Crippen LogP contribution in [0.3, 0.4) is 0 Å². The van der Waals surface area contributed by atoms with Crippen LogP contribution < -0.4 is 10.5 Å². The molecule has 19 heavy (non-hydrogen) atoms. The maximum atomic E-state index is 6.10. The fraction of sp³-hybridized carbons (Fsp3) is 0.200. The van der Waals surface area contributed by atoms with Crippen molar-refractivity contribution < 1.29 is 4.74 Å². The molecule has 0 aliphatic carbocycles. The van der Waals surface area contributed by atoms with Crippen molar-refractivity contribution in [1.29, 1.82) is 0 Å². The first kappa shape index (κ1) is 14.2. The van der Waals surface area contributed by atoms with Gasteiger partial charge in [-0.05, 0) is 42.8 Å². The number of para-hydroxylation sites is 1. The first-order valence-corrected chi connectivity index (χ1v) is 6.81. The minimum Gasteiger partial charge on any atom is -0.489 e. The summed E-state index contributed by atoms with van der Waals surface area (Å²) in [7, 11) is 0. The molecule has 0 fully saturated rings. The lowest BCUT2D eigenvalue weighted by Crippen LogP contribution is -2.05. The zero-order chi connectivity index (χ0) is 13.7. The first-order chi connectivity index (χ1) is 9.20. The van der Waals surface area contributed by atoms with E-state index in [1.807, 2.05) is 30.3 Å². The highest BCUT2D eigenvalue weighted by Gasteiger charge is 2.05. The Morgan fingerprint density at radius 2 is 1.79 bits per heavy atom. The largest absolute Gasteiger partial charge is 0.489 e. The van der Waals surface area contributed by atoms with E-state index in [1.54, 1.807) is 12.1 Å². The van der Waals surface area contributed by atoms with Crippen LogP contribution in [0.25, 0.3) is 0 Å². The van der Waals surface area contributed by atoms with E-state index in [1.165, 1.54) is 0 Å². The summed E-state index contributed by atoms with van der Waals surface area (Å²) in [5.41, 5.74) is 7.56. The average Bonchev–Trinajstić information content (AvgIpc) is 2.42. The van der Waals surface area contributed by atoms with Gasteiger partial charge in [-0.1, -0.05) is 41.4 Å². The summed E-state index contributed by atoms with van der Waals surface area (Å²) in [5, 5.41) is 1.30. The van der Waals surface area contributed by atoms with Crippen molar-refractivity contribution in [2.24, 2.45) is 5.73 Å². The molecule has 0 aliphatic heterocycles. The summed E-state index contributed by atoms with van der Waals surface area (Å²) in [6.45, 7) is 0.985. The fourth-order valence-electron chi connectivity index (χ4n) is 1.82. The second-order valence-corrected chi connectivity index (χ2v) is 5.01.